The fraction of sp³-hybridized carbons (Fsp3) is 0.462. The first-order valence-electron chi connectivity index (χ1n) is 12.1. The van der Waals surface area contributed by atoms with Crippen molar-refractivity contribution in [1.82, 2.24) is 20.1 Å². The first kappa shape index (κ1) is 23.3. The molecule has 3 aliphatic rings. The van der Waals surface area contributed by atoms with Gasteiger partial charge in [-0.25, -0.2) is 4.98 Å². The summed E-state index contributed by atoms with van der Waals surface area (Å²) in [5, 5.41) is 2.34. The molecule has 0 saturated carbocycles. The fourth-order valence-electron chi connectivity index (χ4n) is 5.15. The van der Waals surface area contributed by atoms with Crippen molar-refractivity contribution in [1.29, 1.82) is 0 Å². The molecule has 9 nitrogen and oxygen atoms in total. The minimum absolute atomic E-state index is 0.174. The van der Waals surface area contributed by atoms with Crippen LogP contribution in [-0.4, -0.2) is 64.9 Å². The number of carbonyl (C=O) groups is 3. The number of nitrogens with one attached hydrogen (secondary N) is 1. The van der Waals surface area contributed by atoms with E-state index in [1.807, 2.05) is 30.5 Å². The third-order valence-corrected chi connectivity index (χ3v) is 7.08. The van der Waals surface area contributed by atoms with E-state index in [9.17, 15) is 14.4 Å². The van der Waals surface area contributed by atoms with Crippen molar-refractivity contribution < 1.29 is 23.9 Å². The predicted molar refractivity (Wildman–Crippen MR) is 127 cm³/mol. The normalized spacial score (nSPS) is 22.7. The van der Waals surface area contributed by atoms with Gasteiger partial charge in [-0.15, -0.1) is 0 Å². The summed E-state index contributed by atoms with van der Waals surface area (Å²) in [6.07, 6.45) is 5.86. The molecule has 35 heavy (non-hydrogen) atoms. The summed E-state index contributed by atoms with van der Waals surface area (Å²) in [6, 6.07) is 9.12. The molecule has 0 spiro atoms. The number of pyridine rings is 1. The number of hydrogen-bond donors (Lipinski definition) is 1. The van der Waals surface area contributed by atoms with Crippen LogP contribution in [0.2, 0.25) is 0 Å². The molecule has 0 aliphatic carbocycles. The highest BCUT2D eigenvalue weighted by Crippen LogP contribution is 2.30. The minimum Gasteiger partial charge on any atom is -0.492 e. The van der Waals surface area contributed by atoms with Crippen LogP contribution in [0.5, 0.6) is 11.6 Å². The summed E-state index contributed by atoms with van der Waals surface area (Å²) in [7, 11) is 1.61. The highest BCUT2D eigenvalue weighted by atomic mass is 16.5. The van der Waals surface area contributed by atoms with Crippen LogP contribution < -0.4 is 14.8 Å². The third-order valence-electron chi connectivity index (χ3n) is 7.08. The van der Waals surface area contributed by atoms with Gasteiger partial charge in [-0.1, -0.05) is 12.5 Å². The van der Waals surface area contributed by atoms with E-state index >= 15 is 0 Å². The van der Waals surface area contributed by atoms with Gasteiger partial charge < -0.3 is 14.4 Å². The largest absolute Gasteiger partial charge is 0.492 e. The molecule has 2 fully saturated rings. The Hall–Kier alpha value is -3.46. The second-order valence-electron chi connectivity index (χ2n) is 9.36. The van der Waals surface area contributed by atoms with Crippen molar-refractivity contribution in [3.8, 4) is 11.6 Å². The van der Waals surface area contributed by atoms with Gasteiger partial charge in [0, 0.05) is 43.4 Å². The Morgan fingerprint density at radius 3 is 2.77 bits per heavy atom. The number of fused-ring (bicyclic) bond motifs is 1. The molecule has 0 radical (unpaired) electrons. The first-order chi connectivity index (χ1) is 17.0. The maximum atomic E-state index is 12.9. The van der Waals surface area contributed by atoms with E-state index in [2.05, 4.69) is 15.2 Å². The van der Waals surface area contributed by atoms with Crippen LogP contribution in [0, 0.1) is 0 Å². The average molecular weight is 479 g/mol. The number of aromatic nitrogens is 1. The van der Waals surface area contributed by atoms with Gasteiger partial charge >= 0.3 is 0 Å². The summed E-state index contributed by atoms with van der Waals surface area (Å²) in [5.41, 5.74) is 2.58. The average Bonchev–Trinajstić information content (AvgIpc) is 3.19. The number of methoxy groups -OCH3 is 1. The van der Waals surface area contributed by atoms with E-state index in [0.717, 1.165) is 42.8 Å². The number of amides is 3. The van der Waals surface area contributed by atoms with Crippen molar-refractivity contribution in [2.75, 3.05) is 20.3 Å². The lowest BCUT2D eigenvalue weighted by molar-refractivity contribution is -0.136. The molecular formula is C26H30N4O5. The van der Waals surface area contributed by atoms with Gasteiger partial charge in [-0.2, -0.15) is 0 Å². The summed E-state index contributed by atoms with van der Waals surface area (Å²) in [6.45, 7) is 2.73. The first-order valence-corrected chi connectivity index (χ1v) is 12.1. The van der Waals surface area contributed by atoms with Gasteiger partial charge in [0.2, 0.25) is 17.7 Å². The fourth-order valence-corrected chi connectivity index (χ4v) is 5.15. The highest BCUT2D eigenvalue weighted by Gasteiger charge is 2.39. The molecular weight excluding hydrogens is 448 g/mol. The maximum Gasteiger partial charge on any atom is 0.255 e. The van der Waals surface area contributed by atoms with Crippen molar-refractivity contribution in [3.63, 3.8) is 0 Å². The Morgan fingerprint density at radius 2 is 2.00 bits per heavy atom. The number of imide groups is 1. The molecule has 1 N–H and O–H groups in total. The Labute approximate surface area is 204 Å². The van der Waals surface area contributed by atoms with Crippen molar-refractivity contribution in [2.45, 2.75) is 57.3 Å². The van der Waals surface area contributed by atoms with Crippen LogP contribution in [0.1, 0.15) is 53.6 Å². The molecule has 5 rings (SSSR count). The molecule has 2 aromatic rings. The zero-order chi connectivity index (χ0) is 24.4. The van der Waals surface area contributed by atoms with Gasteiger partial charge in [-0.3, -0.25) is 24.6 Å². The van der Waals surface area contributed by atoms with E-state index < -0.39 is 11.9 Å². The number of carbonyl (C=O) groups excluding carboxylic acids is 3. The van der Waals surface area contributed by atoms with Crippen molar-refractivity contribution in [2.24, 2.45) is 0 Å². The molecule has 1 aromatic heterocycles. The molecule has 1 unspecified atom stereocenters. The van der Waals surface area contributed by atoms with E-state index in [-0.39, 0.29) is 18.2 Å². The number of hydrogen-bond acceptors (Lipinski definition) is 7. The van der Waals surface area contributed by atoms with Crippen LogP contribution in [0.4, 0.5) is 0 Å². The molecule has 0 bridgehead atoms. The molecule has 2 saturated heterocycles. The Kier molecular flexibility index (Phi) is 6.68. The number of piperidine rings is 2. The lowest BCUT2D eigenvalue weighted by atomic mass is 10.0. The lowest BCUT2D eigenvalue weighted by Gasteiger charge is -2.35. The lowest BCUT2D eigenvalue weighted by Crippen LogP contribution is -2.52. The van der Waals surface area contributed by atoms with E-state index in [4.69, 9.17) is 9.47 Å². The monoisotopic (exact) mass is 478 g/mol. The Bertz CT molecular complexity index is 1120. The molecule has 2 atom stereocenters. The maximum absolute atomic E-state index is 12.9. The van der Waals surface area contributed by atoms with Gasteiger partial charge in [0.1, 0.15) is 18.4 Å². The van der Waals surface area contributed by atoms with Gasteiger partial charge in [-0.05, 0) is 55.1 Å². The van der Waals surface area contributed by atoms with Crippen LogP contribution in [0.3, 0.4) is 0 Å². The second-order valence-corrected chi connectivity index (χ2v) is 9.36. The number of rotatable bonds is 7. The molecule has 3 aliphatic heterocycles. The zero-order valence-electron chi connectivity index (χ0n) is 19.9. The van der Waals surface area contributed by atoms with E-state index in [1.165, 1.54) is 6.42 Å². The van der Waals surface area contributed by atoms with Gasteiger partial charge in [0.25, 0.3) is 5.91 Å². The summed E-state index contributed by atoms with van der Waals surface area (Å²) < 4.78 is 11.3. The number of nitrogens with zero attached hydrogens (tertiary/aromatic N) is 3. The zero-order valence-corrected chi connectivity index (χ0v) is 19.9. The number of ether oxygens (including phenoxy) is 2. The quantitative estimate of drug-likeness (QED) is 0.610. The number of likely N-dealkylation sites (tertiary alicyclic amines) is 1. The summed E-state index contributed by atoms with van der Waals surface area (Å²) in [4.78, 5) is 44.9. The molecule has 4 heterocycles. The van der Waals surface area contributed by atoms with Gasteiger partial charge in [0.15, 0.2) is 0 Å². The number of benzene rings is 1. The van der Waals surface area contributed by atoms with E-state index in [1.54, 1.807) is 18.1 Å². The standard InChI is InChI=1S/C26H30N4O5/c1-34-24-10-5-17(13-27-24)14-29-11-3-2-4-19(29)16-35-20-6-7-21-18(12-20)15-30(26(21)33)22-8-9-23(31)28-25(22)32/h5-7,10,12-13,19,22H,2-4,8-9,11,14-16H2,1H3,(H,28,31,32)/t19-,22?/m1/s1. The third kappa shape index (κ3) is 5.00. The smallest absolute Gasteiger partial charge is 0.255 e. The Balaban J connectivity index is 1.21. The molecule has 1 aromatic carbocycles. The molecule has 9 heteroatoms. The van der Waals surface area contributed by atoms with Crippen LogP contribution in [0.25, 0.3) is 0 Å². The Morgan fingerprint density at radius 1 is 1.11 bits per heavy atom. The van der Waals surface area contributed by atoms with Gasteiger partial charge in [0.05, 0.1) is 7.11 Å². The minimum atomic E-state index is -0.611. The summed E-state index contributed by atoms with van der Waals surface area (Å²) >= 11 is 0. The second kappa shape index (κ2) is 10.0. The van der Waals surface area contributed by atoms with Crippen LogP contribution >= 0.6 is 0 Å². The molecule has 184 valence electrons. The van der Waals surface area contributed by atoms with Crippen molar-refractivity contribution >= 4 is 17.7 Å². The topological polar surface area (TPSA) is 101 Å². The van der Waals surface area contributed by atoms with Crippen molar-refractivity contribution in [3.05, 3.63) is 53.2 Å². The van der Waals surface area contributed by atoms with Crippen LogP contribution in [-0.2, 0) is 22.7 Å². The summed E-state index contributed by atoms with van der Waals surface area (Å²) in [5.74, 6) is 0.471. The predicted octanol–water partition coefficient (Wildman–Crippen LogP) is 2.28. The highest BCUT2D eigenvalue weighted by molar-refractivity contribution is 6.05. The molecule has 3 amide bonds. The SMILES string of the molecule is COc1ccc(CN2CCCC[C@@H]2COc2ccc3c(c2)CN(C2CCC(=O)NC2=O)C3=O)cn1. The van der Waals surface area contributed by atoms with Crippen LogP contribution in [0.15, 0.2) is 36.5 Å². The van der Waals surface area contributed by atoms with E-state index in [0.29, 0.717) is 37.1 Å².